The zero-order chi connectivity index (χ0) is 30.6. The highest BCUT2D eigenvalue weighted by atomic mass is 32.2. The van der Waals surface area contributed by atoms with Gasteiger partial charge in [-0.2, -0.15) is 21.6 Å². The first-order valence-corrected chi connectivity index (χ1v) is 20.6. The van der Waals surface area contributed by atoms with E-state index in [1.54, 1.807) is 6.07 Å². The number of nitrogens with zero attached hydrogens (tertiary/aromatic N) is 2. The lowest BCUT2D eigenvalue weighted by Crippen LogP contribution is -2.28. The lowest BCUT2D eigenvalue weighted by atomic mass is 9.83. The van der Waals surface area contributed by atoms with Gasteiger partial charge in [-0.25, -0.2) is 4.98 Å². The van der Waals surface area contributed by atoms with Crippen LogP contribution in [0.1, 0.15) is 74.2 Å². The number of halogens is 3. The van der Waals surface area contributed by atoms with E-state index in [-0.39, 0.29) is 11.2 Å². The molecule has 0 aliphatic heterocycles. The van der Waals surface area contributed by atoms with Crippen molar-refractivity contribution >= 4 is 29.2 Å². The predicted molar refractivity (Wildman–Crippen MR) is 164 cm³/mol. The van der Waals surface area contributed by atoms with Crippen LogP contribution in [0.15, 0.2) is 30.3 Å². The van der Waals surface area contributed by atoms with Gasteiger partial charge in [-0.1, -0.05) is 57.5 Å². The number of benzene rings is 2. The highest BCUT2D eigenvalue weighted by Gasteiger charge is 2.50. The van der Waals surface area contributed by atoms with Crippen LogP contribution in [0.4, 0.5) is 13.2 Å². The van der Waals surface area contributed by atoms with Crippen molar-refractivity contribution in [3.8, 4) is 16.9 Å². The summed E-state index contributed by atoms with van der Waals surface area (Å²) < 4.78 is 76.9. The van der Waals surface area contributed by atoms with E-state index in [9.17, 15) is 21.6 Å². The van der Waals surface area contributed by atoms with Gasteiger partial charge in [0.1, 0.15) is 18.3 Å². The zero-order valence-electron chi connectivity index (χ0n) is 25.2. The minimum atomic E-state index is -5.77. The Morgan fingerprint density at radius 3 is 2.37 bits per heavy atom. The van der Waals surface area contributed by atoms with Crippen molar-refractivity contribution in [3.05, 3.63) is 47.3 Å². The van der Waals surface area contributed by atoms with E-state index < -0.39 is 23.7 Å². The number of hydrogen-bond acceptors (Lipinski definition) is 5. The van der Waals surface area contributed by atoms with E-state index >= 15 is 0 Å². The molecule has 0 unspecified atom stereocenters. The second kappa shape index (κ2) is 11.2. The van der Waals surface area contributed by atoms with Crippen molar-refractivity contribution in [1.29, 1.82) is 0 Å². The Morgan fingerprint density at radius 1 is 1.00 bits per heavy atom. The van der Waals surface area contributed by atoms with E-state index in [4.69, 9.17) is 13.9 Å². The molecule has 11 heteroatoms. The summed E-state index contributed by atoms with van der Waals surface area (Å²) in [6.45, 7) is 8.14. The summed E-state index contributed by atoms with van der Waals surface area (Å²) >= 11 is 0. The summed E-state index contributed by atoms with van der Waals surface area (Å²) in [4.78, 5) is 5.06. The quantitative estimate of drug-likeness (QED) is 0.102. The molecule has 3 aliphatic carbocycles. The van der Waals surface area contributed by atoms with Crippen LogP contribution in [0.25, 0.3) is 22.2 Å². The molecule has 1 heterocycles. The van der Waals surface area contributed by atoms with Crippen LogP contribution in [0.5, 0.6) is 5.75 Å². The van der Waals surface area contributed by atoms with Crippen LogP contribution < -0.4 is 4.18 Å². The van der Waals surface area contributed by atoms with Gasteiger partial charge in [-0.05, 0) is 84.9 Å². The van der Waals surface area contributed by atoms with Gasteiger partial charge < -0.3 is 13.5 Å². The van der Waals surface area contributed by atoms with E-state index in [1.807, 2.05) is 12.1 Å². The van der Waals surface area contributed by atoms with Crippen molar-refractivity contribution < 1.29 is 30.5 Å². The van der Waals surface area contributed by atoms with Gasteiger partial charge >= 0.3 is 15.6 Å². The lowest BCUT2D eigenvalue weighted by molar-refractivity contribution is -0.0500. The summed E-state index contributed by atoms with van der Waals surface area (Å²) in [5, 5.41) is 0. The summed E-state index contributed by atoms with van der Waals surface area (Å²) in [6, 6.07) is 10.4. The molecule has 0 N–H and O–H groups in total. The average molecular weight is 635 g/mol. The summed E-state index contributed by atoms with van der Waals surface area (Å²) in [5.74, 6) is 1.26. The first kappa shape index (κ1) is 30.6. The molecule has 1 spiro atoms. The van der Waals surface area contributed by atoms with Crippen LogP contribution in [-0.2, 0) is 34.4 Å². The molecule has 2 saturated carbocycles. The maximum absolute atomic E-state index is 13.2. The predicted octanol–water partition coefficient (Wildman–Crippen LogP) is 8.56. The van der Waals surface area contributed by atoms with Crippen molar-refractivity contribution in [2.45, 2.75) is 108 Å². The van der Waals surface area contributed by atoms with Crippen LogP contribution >= 0.6 is 0 Å². The van der Waals surface area contributed by atoms with Crippen molar-refractivity contribution in [2.75, 3.05) is 6.61 Å². The smallest absolute Gasteiger partial charge is 0.376 e. The van der Waals surface area contributed by atoms with Crippen molar-refractivity contribution in [2.24, 2.45) is 5.41 Å². The van der Waals surface area contributed by atoms with Crippen LogP contribution in [0.3, 0.4) is 0 Å². The molecule has 0 atom stereocenters. The molecule has 0 saturated heterocycles. The maximum Gasteiger partial charge on any atom is 0.534 e. The van der Waals surface area contributed by atoms with E-state index in [0.717, 1.165) is 78.1 Å². The number of alkyl halides is 3. The molecule has 3 aromatic rings. The van der Waals surface area contributed by atoms with Gasteiger partial charge in [-0.3, -0.25) is 0 Å². The first-order valence-electron chi connectivity index (χ1n) is 15.5. The maximum atomic E-state index is 13.2. The van der Waals surface area contributed by atoms with Gasteiger partial charge in [0.15, 0.2) is 0 Å². The molecular weight excluding hydrogens is 594 g/mol. The molecule has 6 rings (SSSR count). The number of ether oxygens (including phenoxy) is 1. The van der Waals surface area contributed by atoms with Gasteiger partial charge in [0.2, 0.25) is 0 Å². The van der Waals surface area contributed by atoms with Gasteiger partial charge in [0.05, 0.1) is 11.0 Å². The van der Waals surface area contributed by atoms with Gasteiger partial charge in [0.25, 0.3) is 0 Å². The number of imidazole rings is 1. The lowest BCUT2D eigenvalue weighted by Gasteiger charge is -2.21. The Labute approximate surface area is 253 Å². The monoisotopic (exact) mass is 634 g/mol. The minimum absolute atomic E-state index is 0.0652. The van der Waals surface area contributed by atoms with Gasteiger partial charge in [-0.15, -0.1) is 0 Å². The molecular formula is C32H41F3N2O4SSi. The SMILES string of the molecule is C[Si](C)(C)CCOCn1c(C2CCCC2)nc2ccc(-c3ccc(OS(=O)(=O)C(F)(F)F)c4c3CC3(CCCC3)C4)cc21. The normalized spacial score (nSPS) is 19.1. The number of aromatic nitrogens is 2. The minimum Gasteiger partial charge on any atom is -0.376 e. The van der Waals surface area contributed by atoms with Crippen LogP contribution in [0.2, 0.25) is 25.7 Å². The Hall–Kier alpha value is -2.37. The molecule has 0 radical (unpaired) electrons. The summed E-state index contributed by atoms with van der Waals surface area (Å²) in [5.41, 5.74) is -0.345. The second-order valence-corrected chi connectivity index (χ2v) is 21.2. The third kappa shape index (κ3) is 6.14. The number of fused-ring (bicyclic) bond motifs is 2. The molecule has 3 aliphatic rings. The molecule has 43 heavy (non-hydrogen) atoms. The Kier molecular flexibility index (Phi) is 7.99. The zero-order valence-corrected chi connectivity index (χ0v) is 27.0. The van der Waals surface area contributed by atoms with Gasteiger partial charge in [0, 0.05) is 26.2 Å². The average Bonchev–Trinajstić information content (AvgIpc) is 3.72. The molecule has 2 fully saturated rings. The molecule has 6 nitrogen and oxygen atoms in total. The highest BCUT2D eigenvalue weighted by molar-refractivity contribution is 7.88. The topological polar surface area (TPSA) is 70.4 Å². The Bertz CT molecular complexity index is 1620. The molecule has 234 valence electrons. The Morgan fingerprint density at radius 2 is 1.70 bits per heavy atom. The second-order valence-electron chi connectivity index (χ2n) is 14.0. The molecule has 2 aromatic carbocycles. The molecule has 1 aromatic heterocycles. The molecule has 0 amide bonds. The van der Waals surface area contributed by atoms with Crippen molar-refractivity contribution in [3.63, 3.8) is 0 Å². The van der Waals surface area contributed by atoms with Crippen LogP contribution in [0, 0.1) is 5.41 Å². The standard InChI is InChI=1S/C32H41F3N2O4SSi/c1-43(2,3)17-16-40-21-37-28-18-23(10-12-27(28)36-30(37)22-8-4-5-9-22)24-11-13-29(41-42(38,39)32(33,34)35)26-20-31(19-25(24)26)14-6-7-15-31/h10-13,18,22H,4-9,14-17,19-21H2,1-3H3. The van der Waals surface area contributed by atoms with Crippen molar-refractivity contribution in [1.82, 2.24) is 9.55 Å². The van der Waals surface area contributed by atoms with E-state index in [1.165, 1.54) is 18.9 Å². The van der Waals surface area contributed by atoms with E-state index in [0.29, 0.717) is 37.7 Å². The number of rotatable bonds is 9. The largest absolute Gasteiger partial charge is 0.534 e. The third-order valence-electron chi connectivity index (χ3n) is 9.66. The fraction of sp³-hybridized carbons (Fsp3) is 0.594. The Balaban J connectivity index is 1.40. The fourth-order valence-corrected chi connectivity index (χ4v) is 8.59. The fourth-order valence-electron chi connectivity index (χ4n) is 7.35. The summed E-state index contributed by atoms with van der Waals surface area (Å²) in [7, 11) is -7.01. The third-order valence-corrected chi connectivity index (χ3v) is 12.3. The molecule has 0 bridgehead atoms. The van der Waals surface area contributed by atoms with Crippen LogP contribution in [-0.4, -0.2) is 38.2 Å². The highest BCUT2D eigenvalue weighted by Crippen LogP contribution is 2.53. The number of hydrogen-bond donors (Lipinski definition) is 0. The summed E-state index contributed by atoms with van der Waals surface area (Å²) in [6.07, 6.45) is 9.91. The first-order chi connectivity index (χ1) is 20.3. The van der Waals surface area contributed by atoms with E-state index in [2.05, 4.69) is 30.3 Å².